The molecule has 1 amide bonds. The number of aromatic nitrogens is 2. The van der Waals surface area contributed by atoms with Gasteiger partial charge in [0, 0.05) is 19.2 Å². The second-order valence-electron chi connectivity index (χ2n) is 5.28. The van der Waals surface area contributed by atoms with E-state index < -0.39 is 11.2 Å². The highest BCUT2D eigenvalue weighted by Gasteiger charge is 2.13. The van der Waals surface area contributed by atoms with Crippen LogP contribution in [-0.4, -0.2) is 39.5 Å². The Bertz CT molecular complexity index is 692. The minimum Gasteiger partial charge on any atom is -0.363 e. The molecule has 22 heavy (non-hydrogen) atoms. The van der Waals surface area contributed by atoms with Gasteiger partial charge in [0.05, 0.1) is 12.3 Å². The molecule has 120 valence electrons. The Morgan fingerprint density at radius 2 is 2.27 bits per heavy atom. The average molecular weight is 325 g/mol. The third-order valence-corrected chi connectivity index (χ3v) is 3.79. The van der Waals surface area contributed by atoms with Crippen molar-refractivity contribution in [2.45, 2.75) is 20.4 Å². The van der Waals surface area contributed by atoms with E-state index >= 15 is 0 Å². The molecule has 2 rings (SSSR count). The number of nitrogens with zero attached hydrogens (tertiary/aromatic N) is 2. The van der Waals surface area contributed by atoms with Gasteiger partial charge >= 0.3 is 5.69 Å². The van der Waals surface area contributed by atoms with Gasteiger partial charge in [0.25, 0.3) is 5.56 Å². The first-order chi connectivity index (χ1) is 10.5. The number of H-pyrrole nitrogens is 1. The predicted octanol–water partition coefficient (Wildman–Crippen LogP) is -0.176. The lowest BCUT2D eigenvalue weighted by Crippen LogP contribution is -2.34. The Kier molecular flexibility index (Phi) is 5.42. The molecule has 0 aliphatic carbocycles. The van der Waals surface area contributed by atoms with Crippen molar-refractivity contribution in [3.05, 3.63) is 26.9 Å². The standard InChI is InChI=1S/C13H19N5O3S/c1-8(2)6-18-9(5-10(19)17-13(18)21)16-11(20)7-22-12-14-3-4-15-12/h5,8H,3-4,6-7H2,1-2H3,(H,14,15)(H,16,20)(H,17,19,21). The van der Waals surface area contributed by atoms with Crippen molar-refractivity contribution in [1.29, 1.82) is 0 Å². The van der Waals surface area contributed by atoms with Gasteiger partial charge in [-0.1, -0.05) is 25.6 Å². The summed E-state index contributed by atoms with van der Waals surface area (Å²) in [4.78, 5) is 41.7. The van der Waals surface area contributed by atoms with Gasteiger partial charge in [-0.3, -0.25) is 24.1 Å². The lowest BCUT2D eigenvalue weighted by Gasteiger charge is -2.14. The molecule has 0 spiro atoms. The number of amides is 1. The van der Waals surface area contributed by atoms with E-state index in [-0.39, 0.29) is 23.4 Å². The Morgan fingerprint density at radius 3 is 2.91 bits per heavy atom. The van der Waals surface area contributed by atoms with Crippen molar-refractivity contribution in [3.63, 3.8) is 0 Å². The van der Waals surface area contributed by atoms with Gasteiger partial charge in [-0.15, -0.1) is 0 Å². The van der Waals surface area contributed by atoms with E-state index in [1.54, 1.807) is 0 Å². The zero-order chi connectivity index (χ0) is 16.1. The summed E-state index contributed by atoms with van der Waals surface area (Å²) in [5, 5.41) is 6.41. The van der Waals surface area contributed by atoms with Crippen molar-refractivity contribution in [1.82, 2.24) is 14.9 Å². The van der Waals surface area contributed by atoms with Gasteiger partial charge in [-0.05, 0) is 5.92 Å². The number of anilines is 1. The fraction of sp³-hybridized carbons (Fsp3) is 0.538. The first kappa shape index (κ1) is 16.3. The van der Waals surface area contributed by atoms with Crippen LogP contribution in [0.3, 0.4) is 0 Å². The largest absolute Gasteiger partial charge is 0.363 e. The van der Waals surface area contributed by atoms with Crippen LogP contribution in [0.1, 0.15) is 13.8 Å². The zero-order valence-electron chi connectivity index (χ0n) is 12.5. The lowest BCUT2D eigenvalue weighted by molar-refractivity contribution is -0.113. The van der Waals surface area contributed by atoms with Crippen LogP contribution in [0, 0.1) is 5.92 Å². The molecule has 9 heteroatoms. The van der Waals surface area contributed by atoms with Crippen LogP contribution >= 0.6 is 11.8 Å². The fourth-order valence-corrected chi connectivity index (χ4v) is 2.68. The summed E-state index contributed by atoms with van der Waals surface area (Å²) in [6, 6.07) is 1.22. The molecule has 2 heterocycles. The molecule has 0 fully saturated rings. The summed E-state index contributed by atoms with van der Waals surface area (Å²) in [5.41, 5.74) is -1.05. The zero-order valence-corrected chi connectivity index (χ0v) is 13.3. The van der Waals surface area contributed by atoms with Gasteiger partial charge in [0.15, 0.2) is 5.17 Å². The Morgan fingerprint density at radius 1 is 1.50 bits per heavy atom. The third kappa shape index (κ3) is 4.48. The summed E-state index contributed by atoms with van der Waals surface area (Å²) in [6.07, 6.45) is 0. The molecule has 0 saturated carbocycles. The smallest absolute Gasteiger partial charge is 0.329 e. The molecule has 0 saturated heterocycles. The minimum absolute atomic E-state index is 0.161. The number of amidine groups is 1. The van der Waals surface area contributed by atoms with E-state index in [2.05, 4.69) is 20.6 Å². The highest BCUT2D eigenvalue weighted by molar-refractivity contribution is 8.14. The maximum atomic E-state index is 12.0. The van der Waals surface area contributed by atoms with Crippen LogP contribution in [0.5, 0.6) is 0 Å². The molecule has 1 aromatic rings. The summed E-state index contributed by atoms with van der Waals surface area (Å²) >= 11 is 1.29. The average Bonchev–Trinajstić information content (AvgIpc) is 2.93. The molecular weight excluding hydrogens is 306 g/mol. The van der Waals surface area contributed by atoms with Crippen molar-refractivity contribution >= 4 is 28.7 Å². The molecule has 0 atom stereocenters. The molecule has 3 N–H and O–H groups in total. The monoisotopic (exact) mass is 325 g/mol. The topological polar surface area (TPSA) is 108 Å². The summed E-state index contributed by atoms with van der Waals surface area (Å²) in [5.74, 6) is 0.290. The Labute approximate surface area is 131 Å². The predicted molar refractivity (Wildman–Crippen MR) is 87.6 cm³/mol. The molecule has 0 bridgehead atoms. The number of carbonyl (C=O) groups is 1. The molecule has 0 radical (unpaired) electrons. The van der Waals surface area contributed by atoms with Crippen LogP contribution in [0.25, 0.3) is 0 Å². The Balaban J connectivity index is 2.08. The number of nitrogens with one attached hydrogen (secondary N) is 3. The molecule has 1 aliphatic heterocycles. The third-order valence-electron chi connectivity index (χ3n) is 2.83. The van der Waals surface area contributed by atoms with E-state index in [1.807, 2.05) is 13.8 Å². The first-order valence-electron chi connectivity index (χ1n) is 7.01. The van der Waals surface area contributed by atoms with E-state index in [9.17, 15) is 14.4 Å². The molecule has 0 aromatic carbocycles. The van der Waals surface area contributed by atoms with E-state index in [0.717, 1.165) is 11.7 Å². The lowest BCUT2D eigenvalue weighted by atomic mass is 10.2. The number of aliphatic imine (C=N–C) groups is 1. The highest BCUT2D eigenvalue weighted by Crippen LogP contribution is 2.09. The molecule has 8 nitrogen and oxygen atoms in total. The second kappa shape index (κ2) is 7.30. The van der Waals surface area contributed by atoms with Crippen LogP contribution in [-0.2, 0) is 11.3 Å². The number of hydrogen-bond donors (Lipinski definition) is 3. The summed E-state index contributed by atoms with van der Waals surface area (Å²) in [7, 11) is 0. The van der Waals surface area contributed by atoms with Crippen LogP contribution in [0.2, 0.25) is 0 Å². The van der Waals surface area contributed by atoms with Crippen LogP contribution in [0.4, 0.5) is 5.82 Å². The highest BCUT2D eigenvalue weighted by atomic mass is 32.2. The van der Waals surface area contributed by atoms with Crippen LogP contribution in [0.15, 0.2) is 20.6 Å². The van der Waals surface area contributed by atoms with E-state index in [0.29, 0.717) is 13.1 Å². The van der Waals surface area contributed by atoms with Crippen molar-refractivity contribution in [2.75, 3.05) is 24.2 Å². The molecule has 1 aromatic heterocycles. The fourth-order valence-electron chi connectivity index (χ4n) is 1.96. The number of aromatic amines is 1. The van der Waals surface area contributed by atoms with Gasteiger partial charge in [0.1, 0.15) is 5.82 Å². The number of thioether (sulfide) groups is 1. The number of rotatable bonds is 5. The van der Waals surface area contributed by atoms with E-state index in [1.165, 1.54) is 22.4 Å². The first-order valence-corrected chi connectivity index (χ1v) is 7.99. The Hall–Kier alpha value is -2.03. The van der Waals surface area contributed by atoms with E-state index in [4.69, 9.17) is 0 Å². The quantitative estimate of drug-likeness (QED) is 0.696. The minimum atomic E-state index is -0.533. The molecule has 1 aliphatic rings. The van der Waals surface area contributed by atoms with Gasteiger partial charge < -0.3 is 10.6 Å². The normalized spacial score (nSPS) is 13.9. The maximum absolute atomic E-state index is 12.0. The maximum Gasteiger partial charge on any atom is 0.329 e. The summed E-state index contributed by atoms with van der Waals surface area (Å²) in [6.45, 7) is 5.80. The number of carbonyl (C=O) groups excluding carboxylic acids is 1. The molecule has 0 unspecified atom stereocenters. The number of hydrogen-bond acceptors (Lipinski definition) is 6. The SMILES string of the molecule is CC(C)Cn1c(NC(=O)CSC2=NCCN2)cc(=O)[nH]c1=O. The van der Waals surface area contributed by atoms with Crippen molar-refractivity contribution < 1.29 is 4.79 Å². The van der Waals surface area contributed by atoms with Crippen LogP contribution < -0.4 is 21.9 Å². The molecular formula is C13H19N5O3S. The second-order valence-corrected chi connectivity index (χ2v) is 6.24. The van der Waals surface area contributed by atoms with Crippen molar-refractivity contribution in [3.8, 4) is 0 Å². The van der Waals surface area contributed by atoms with Gasteiger partial charge in [-0.25, -0.2) is 4.79 Å². The van der Waals surface area contributed by atoms with Gasteiger partial charge in [-0.2, -0.15) is 0 Å². The summed E-state index contributed by atoms with van der Waals surface area (Å²) < 4.78 is 1.36. The van der Waals surface area contributed by atoms with Crippen molar-refractivity contribution in [2.24, 2.45) is 10.9 Å². The van der Waals surface area contributed by atoms with Gasteiger partial charge in [0.2, 0.25) is 5.91 Å².